The standard InChI is InChI=1S/C35H32N8.C3H4.4C2H6.Zn/c1-7-11-17-24-20-38-33-26(14-8-2)23(6)32(42-33)41-31(37)27-19-13-12-18-25(27)21-39-34-28(15-9-3)29(16-10-4)35(43-34)40-30(36)22(24)5;1-3-2;4*1-2;/h4,7-9,11-15,17-21H,1,16H2,2-3,5-6H3,(H2-2,36,37,38,39,40,41,42,43);1H,2H3;4*1-2H3;/q-2;;;;;;+2/b14-8-,15-9-,17-11-;;;;;;. The van der Waals surface area contributed by atoms with Crippen LogP contribution in [0.2, 0.25) is 0 Å². The molecule has 0 aliphatic carbocycles. The average molecular weight is 790 g/mol. The molecule has 2 aliphatic heterocycles. The molecule has 0 atom stereocenters. The van der Waals surface area contributed by atoms with E-state index in [1.165, 1.54) is 0 Å². The number of nitrogens with zero attached hydrogens (tertiary/aromatic N) is 6. The van der Waals surface area contributed by atoms with Crippen LogP contribution in [-0.4, -0.2) is 29.9 Å². The second-order valence-electron chi connectivity index (χ2n) is 9.82. The van der Waals surface area contributed by atoms with Crippen molar-refractivity contribution in [3.05, 3.63) is 126 Å². The molecule has 0 spiro atoms. The molecule has 4 bridgehead atoms. The molecule has 0 amide bonds. The molecule has 4 rings (SSSR count). The number of rotatable bonds is 5. The molecule has 0 saturated carbocycles. The van der Waals surface area contributed by atoms with Gasteiger partial charge in [0.1, 0.15) is 0 Å². The van der Waals surface area contributed by atoms with Gasteiger partial charge < -0.3 is 21.4 Å². The van der Waals surface area contributed by atoms with E-state index in [2.05, 4.69) is 39.8 Å². The van der Waals surface area contributed by atoms with Gasteiger partial charge in [0.2, 0.25) is 0 Å². The Labute approximate surface area is 345 Å². The normalized spacial score (nSPS) is 10.7. The Kier molecular flexibility index (Phi) is 31.3. The topological polar surface area (TPSA) is 125 Å². The Morgan fingerprint density at radius 1 is 0.709 bits per heavy atom. The summed E-state index contributed by atoms with van der Waals surface area (Å²) >= 11 is 0. The number of benzene rings is 1. The molecule has 3 heterocycles. The van der Waals surface area contributed by atoms with Gasteiger partial charge in [-0.05, 0) is 67.7 Å². The smallest absolute Gasteiger partial charge is 0.482 e. The molecule has 286 valence electrons. The summed E-state index contributed by atoms with van der Waals surface area (Å²) in [4.78, 5) is 28.0. The third-order valence-corrected chi connectivity index (χ3v) is 6.69. The minimum atomic E-state index is 0. The maximum atomic E-state index is 8.87. The first-order chi connectivity index (χ1) is 26.2. The van der Waals surface area contributed by atoms with Crippen LogP contribution in [-0.2, 0) is 19.5 Å². The van der Waals surface area contributed by atoms with Crippen LogP contribution in [0.25, 0.3) is 50.6 Å². The first-order valence-electron chi connectivity index (χ1n) is 18.5. The summed E-state index contributed by atoms with van der Waals surface area (Å²) in [6.07, 6.45) is 26.7. The fourth-order valence-corrected chi connectivity index (χ4v) is 4.41. The Morgan fingerprint density at radius 3 is 1.78 bits per heavy atom. The van der Waals surface area contributed by atoms with Crippen molar-refractivity contribution in [3.63, 3.8) is 0 Å². The number of terminal acetylenes is 2. The van der Waals surface area contributed by atoms with Crippen molar-refractivity contribution < 1.29 is 19.5 Å². The molecule has 55 heavy (non-hydrogen) atoms. The van der Waals surface area contributed by atoms with Gasteiger partial charge >= 0.3 is 19.5 Å². The van der Waals surface area contributed by atoms with Crippen molar-refractivity contribution in [2.24, 2.45) is 0 Å². The van der Waals surface area contributed by atoms with Crippen molar-refractivity contribution >= 4 is 50.8 Å². The van der Waals surface area contributed by atoms with E-state index in [0.717, 1.165) is 16.7 Å². The molecule has 2 N–H and O–H groups in total. The van der Waals surface area contributed by atoms with Crippen LogP contribution in [0.4, 0.5) is 11.6 Å². The maximum Gasteiger partial charge on any atom is 2.00 e. The first kappa shape index (κ1) is 53.9. The summed E-state index contributed by atoms with van der Waals surface area (Å²) in [6, 6.07) is 7.40. The molecule has 0 saturated heterocycles. The molecule has 0 unspecified atom stereocenters. The van der Waals surface area contributed by atoms with Gasteiger partial charge in [0.25, 0.3) is 0 Å². The van der Waals surface area contributed by atoms with Crippen molar-refractivity contribution in [1.82, 2.24) is 29.9 Å². The molecule has 2 aliphatic rings. The monoisotopic (exact) mass is 788 g/mol. The first-order valence-corrected chi connectivity index (χ1v) is 18.5. The number of fused-ring (bicyclic) bond motifs is 5. The van der Waals surface area contributed by atoms with Crippen molar-refractivity contribution in [3.8, 4) is 24.7 Å². The minimum Gasteiger partial charge on any atom is -0.482 e. The second-order valence-corrected chi connectivity index (χ2v) is 9.82. The molecule has 9 heteroatoms. The van der Waals surface area contributed by atoms with Crippen LogP contribution >= 0.6 is 0 Å². The van der Waals surface area contributed by atoms with Gasteiger partial charge in [0, 0.05) is 30.0 Å². The largest absolute Gasteiger partial charge is 2.00 e. The van der Waals surface area contributed by atoms with E-state index in [4.69, 9.17) is 32.8 Å². The van der Waals surface area contributed by atoms with Crippen LogP contribution in [0.1, 0.15) is 124 Å². The summed E-state index contributed by atoms with van der Waals surface area (Å²) in [5.41, 5.74) is 22.0. The van der Waals surface area contributed by atoms with Gasteiger partial charge in [-0.2, -0.15) is 0 Å². The quantitative estimate of drug-likeness (QED) is 0.169. The number of hydrogen-bond acceptors (Lipinski definition) is 6. The predicted molar refractivity (Wildman–Crippen MR) is 238 cm³/mol. The van der Waals surface area contributed by atoms with Crippen LogP contribution in [0.15, 0.2) is 79.7 Å². The predicted octanol–water partition coefficient (Wildman–Crippen LogP) is 13.8. The molecule has 2 aromatic rings. The van der Waals surface area contributed by atoms with Crippen molar-refractivity contribution in [2.45, 2.75) is 96.4 Å². The van der Waals surface area contributed by atoms with Crippen molar-refractivity contribution in [1.29, 1.82) is 0 Å². The number of nitrogens with one attached hydrogen (secondary N) is 2. The van der Waals surface area contributed by atoms with E-state index < -0.39 is 0 Å². The van der Waals surface area contributed by atoms with Crippen LogP contribution in [0.3, 0.4) is 0 Å². The maximum absolute atomic E-state index is 8.87. The van der Waals surface area contributed by atoms with Crippen molar-refractivity contribution in [2.75, 3.05) is 0 Å². The summed E-state index contributed by atoms with van der Waals surface area (Å²) in [5.74, 6) is 6.58. The van der Waals surface area contributed by atoms with Gasteiger partial charge in [0.05, 0.1) is 11.6 Å². The Bertz CT molecular complexity index is 1990. The minimum absolute atomic E-state index is 0. The summed E-state index contributed by atoms with van der Waals surface area (Å²) < 4.78 is 0. The number of allylic oxidation sites excluding steroid dienone is 10. The summed E-state index contributed by atoms with van der Waals surface area (Å²) in [7, 11) is 0. The van der Waals surface area contributed by atoms with E-state index >= 15 is 0 Å². The van der Waals surface area contributed by atoms with Gasteiger partial charge in [-0.25, -0.2) is 19.9 Å². The second kappa shape index (κ2) is 32.0. The molecular weight excluding hydrogens is 730 g/mol. The molecule has 1 aromatic carbocycles. The van der Waals surface area contributed by atoms with E-state index in [0.29, 0.717) is 50.8 Å². The fraction of sp³-hybridized carbons (Fsp3) is 0.304. The molecule has 8 nitrogen and oxygen atoms in total. The SMILES string of the molecule is C#CC.C#CCC1=C(/C=C\C)c2ncc3ccccc3c([NH-])nc3nc(ncc(/C=C\C=C)c(C)c([NH-])nc1n2)C(/C=C\C)=C3C.CC.CC.CC.CC.[Zn+2]. The zero-order valence-corrected chi connectivity index (χ0v) is 38.4. The molecular formula is C46H60N8Zn. The Morgan fingerprint density at radius 2 is 1.22 bits per heavy atom. The van der Waals surface area contributed by atoms with E-state index in [-0.39, 0.29) is 37.5 Å². The molecule has 1 aromatic heterocycles. The average Bonchev–Trinajstić information content (AvgIpc) is 3.68. The summed E-state index contributed by atoms with van der Waals surface area (Å²) in [6.45, 7) is 28.9. The van der Waals surface area contributed by atoms with Gasteiger partial charge in [-0.1, -0.05) is 140 Å². The van der Waals surface area contributed by atoms with Gasteiger partial charge in [-0.3, -0.25) is 0 Å². The zero-order chi connectivity index (χ0) is 41.6. The third kappa shape index (κ3) is 16.2. The molecule has 0 fully saturated rings. The van der Waals surface area contributed by atoms with Gasteiger partial charge in [-0.15, -0.1) is 24.7 Å². The summed E-state index contributed by atoms with van der Waals surface area (Å²) in [5, 5.41) is 1.27. The fourth-order valence-electron chi connectivity index (χ4n) is 4.41. The van der Waals surface area contributed by atoms with E-state index in [1.54, 1.807) is 44.5 Å². The molecule has 0 radical (unpaired) electrons. The van der Waals surface area contributed by atoms with E-state index in [9.17, 15) is 0 Å². The third-order valence-electron chi connectivity index (χ3n) is 6.69. The van der Waals surface area contributed by atoms with Gasteiger partial charge in [0.15, 0.2) is 11.6 Å². The van der Waals surface area contributed by atoms with Crippen LogP contribution in [0, 0.1) is 31.6 Å². The van der Waals surface area contributed by atoms with Crippen LogP contribution in [0.5, 0.6) is 0 Å². The Balaban J connectivity index is -0.00000205. The van der Waals surface area contributed by atoms with Crippen LogP contribution < -0.4 is 0 Å². The Hall–Kier alpha value is -5.50. The number of aromatic nitrogens is 6. The van der Waals surface area contributed by atoms with E-state index in [1.807, 2.05) is 125 Å². The zero-order valence-electron chi connectivity index (χ0n) is 35.5. The number of hydrogen-bond donors (Lipinski definition) is 0.